The van der Waals surface area contributed by atoms with E-state index in [4.69, 9.17) is 14.2 Å². The van der Waals surface area contributed by atoms with Crippen molar-refractivity contribution in [2.75, 3.05) is 13.2 Å². The number of nitrogens with two attached hydrogens (primary N) is 1. The highest BCUT2D eigenvalue weighted by molar-refractivity contribution is 7.89. The maximum absolute atomic E-state index is 14.2. The number of aromatic nitrogens is 2. The van der Waals surface area contributed by atoms with Crippen LogP contribution in [-0.2, 0) is 23.6 Å². The van der Waals surface area contributed by atoms with Gasteiger partial charge in [0.05, 0.1) is 29.1 Å². The molecule has 0 spiro atoms. The summed E-state index contributed by atoms with van der Waals surface area (Å²) in [6, 6.07) is 15.8. The van der Waals surface area contributed by atoms with Gasteiger partial charge in [-0.25, -0.2) is 13.6 Å². The van der Waals surface area contributed by atoms with E-state index in [1.807, 2.05) is 0 Å². The van der Waals surface area contributed by atoms with Crippen LogP contribution in [0.3, 0.4) is 0 Å². The molecule has 1 heterocycles. The van der Waals surface area contributed by atoms with Gasteiger partial charge in [-0.05, 0) is 31.5 Å². The second-order valence-corrected chi connectivity index (χ2v) is 11.3. The number of hydrogen-bond donors (Lipinski definition) is 2. The van der Waals surface area contributed by atoms with Crippen molar-refractivity contribution in [3.05, 3.63) is 86.9 Å². The summed E-state index contributed by atoms with van der Waals surface area (Å²) in [5.41, 5.74) is -1.15. The summed E-state index contributed by atoms with van der Waals surface area (Å²) in [6.07, 6.45) is 0. The maximum atomic E-state index is 14.2. The Kier molecular flexibility index (Phi) is 6.81. The number of benzene rings is 3. The maximum Gasteiger partial charge on any atom is 0.357 e. The van der Waals surface area contributed by atoms with Crippen molar-refractivity contribution < 1.29 is 22.0 Å². The first-order chi connectivity index (χ1) is 16.6. The van der Waals surface area contributed by atoms with Crippen LogP contribution in [0.1, 0.15) is 25.2 Å². The van der Waals surface area contributed by atoms with Crippen LogP contribution in [0, 0.1) is 0 Å². The van der Waals surface area contributed by atoms with Gasteiger partial charge in [-0.3, -0.25) is 18.7 Å². The lowest BCUT2D eigenvalue weighted by molar-refractivity contribution is 0.208. The standard InChI is InChI=1S/C23H24N3O7PS/c1-3-32-34(29,33-4-2)23(15-9-6-5-7-10-15)26-20-17-11-8-12-19(35(24,30)31)16(17)13-14-18(20)25-21(27)22(26)28/h5-14,23H,3-4H2,1-2H3,(H,25,27)(H2,24,30,31). The highest BCUT2D eigenvalue weighted by Gasteiger charge is 2.40. The first-order valence-electron chi connectivity index (χ1n) is 10.8. The number of rotatable bonds is 8. The van der Waals surface area contributed by atoms with E-state index < -0.39 is 34.5 Å². The van der Waals surface area contributed by atoms with Gasteiger partial charge in [0.15, 0.2) is 5.78 Å². The fraction of sp³-hybridized carbons (Fsp3) is 0.217. The fourth-order valence-corrected chi connectivity index (χ4v) is 7.05. The molecule has 1 atom stereocenters. The Bertz CT molecular complexity index is 1670. The van der Waals surface area contributed by atoms with Crippen molar-refractivity contribution in [3.8, 4) is 0 Å². The van der Waals surface area contributed by atoms with E-state index in [1.54, 1.807) is 50.2 Å². The predicted molar refractivity (Wildman–Crippen MR) is 133 cm³/mol. The molecule has 1 aromatic heterocycles. The monoisotopic (exact) mass is 517 g/mol. The SMILES string of the molecule is CCOP(=O)(OCC)C(c1ccccc1)n1c(=O)c(=O)[nH]c2ccc3c(S(N)(=O)=O)cccc3c21. The molecular weight excluding hydrogens is 493 g/mol. The molecule has 0 fully saturated rings. The molecule has 3 aromatic carbocycles. The molecule has 0 aliphatic carbocycles. The van der Waals surface area contributed by atoms with Gasteiger partial charge in [0.25, 0.3) is 0 Å². The van der Waals surface area contributed by atoms with E-state index in [2.05, 4.69) is 4.98 Å². The molecule has 10 nitrogen and oxygen atoms in total. The Morgan fingerprint density at radius 1 is 0.943 bits per heavy atom. The highest BCUT2D eigenvalue weighted by Crippen LogP contribution is 2.61. The van der Waals surface area contributed by atoms with E-state index in [9.17, 15) is 22.6 Å². The number of nitrogens with zero attached hydrogens (tertiary/aromatic N) is 1. The van der Waals surface area contributed by atoms with Gasteiger partial charge in [-0.2, -0.15) is 0 Å². The number of sulfonamides is 1. The minimum Gasteiger partial charge on any atom is -0.316 e. The normalized spacial score (nSPS) is 13.3. The molecule has 0 aliphatic heterocycles. The summed E-state index contributed by atoms with van der Waals surface area (Å²) < 4.78 is 50.9. The van der Waals surface area contributed by atoms with Crippen molar-refractivity contribution in [2.45, 2.75) is 24.5 Å². The van der Waals surface area contributed by atoms with Crippen LogP contribution < -0.4 is 16.3 Å². The van der Waals surface area contributed by atoms with Crippen molar-refractivity contribution >= 4 is 39.4 Å². The summed E-state index contributed by atoms with van der Waals surface area (Å²) in [5, 5.41) is 5.96. The number of hydrogen-bond acceptors (Lipinski definition) is 7. The largest absolute Gasteiger partial charge is 0.357 e. The van der Waals surface area contributed by atoms with Gasteiger partial charge >= 0.3 is 18.7 Å². The first kappa shape index (κ1) is 25.0. The third-order valence-electron chi connectivity index (χ3n) is 5.46. The predicted octanol–water partition coefficient (Wildman–Crippen LogP) is 3.30. The third-order valence-corrected chi connectivity index (χ3v) is 8.79. The van der Waals surface area contributed by atoms with E-state index >= 15 is 0 Å². The van der Waals surface area contributed by atoms with Crippen molar-refractivity contribution in [1.82, 2.24) is 9.55 Å². The van der Waals surface area contributed by atoms with Gasteiger partial charge in [0, 0.05) is 10.8 Å². The Balaban J connectivity index is 2.25. The van der Waals surface area contributed by atoms with E-state index in [1.165, 1.54) is 24.3 Å². The Morgan fingerprint density at radius 2 is 1.60 bits per heavy atom. The van der Waals surface area contributed by atoms with E-state index in [0.717, 1.165) is 4.57 Å². The van der Waals surface area contributed by atoms with Crippen LogP contribution in [0.25, 0.3) is 21.8 Å². The first-order valence-corrected chi connectivity index (χ1v) is 13.9. The zero-order valence-electron chi connectivity index (χ0n) is 19.0. The lowest BCUT2D eigenvalue weighted by Crippen LogP contribution is -2.39. The number of aromatic amines is 1. The lowest BCUT2D eigenvalue weighted by atomic mass is 10.1. The summed E-state index contributed by atoms with van der Waals surface area (Å²) in [4.78, 5) is 28.5. The van der Waals surface area contributed by atoms with Gasteiger partial charge in [-0.1, -0.05) is 48.5 Å². The number of nitrogens with one attached hydrogen (secondary N) is 1. The molecule has 0 aliphatic rings. The van der Waals surface area contributed by atoms with Crippen molar-refractivity contribution in [2.24, 2.45) is 5.14 Å². The fourth-order valence-electron chi connectivity index (χ4n) is 4.18. The zero-order valence-corrected chi connectivity index (χ0v) is 20.7. The molecule has 0 amide bonds. The van der Waals surface area contributed by atoms with Crippen LogP contribution in [0.2, 0.25) is 0 Å². The smallest absolute Gasteiger partial charge is 0.316 e. The molecule has 4 rings (SSSR count). The molecule has 3 N–H and O–H groups in total. The van der Waals surface area contributed by atoms with Crippen molar-refractivity contribution in [3.63, 3.8) is 0 Å². The minimum absolute atomic E-state index is 0.0206. The summed E-state index contributed by atoms with van der Waals surface area (Å²) >= 11 is 0. The Morgan fingerprint density at radius 3 is 2.20 bits per heavy atom. The van der Waals surface area contributed by atoms with Gasteiger partial charge in [0.2, 0.25) is 10.0 Å². The molecule has 0 saturated heterocycles. The quantitative estimate of drug-likeness (QED) is 0.207. The molecule has 0 radical (unpaired) electrons. The molecular formula is C23H24N3O7PS. The average Bonchev–Trinajstić information content (AvgIpc) is 2.81. The molecule has 4 aromatic rings. The second-order valence-electron chi connectivity index (χ2n) is 7.65. The summed E-state index contributed by atoms with van der Waals surface area (Å²) in [5.74, 6) is -1.33. The van der Waals surface area contributed by atoms with Crippen LogP contribution >= 0.6 is 7.60 Å². The van der Waals surface area contributed by atoms with Crippen LogP contribution in [0.15, 0.2) is 75.1 Å². The Labute approximate surface area is 200 Å². The molecule has 0 saturated carbocycles. The highest BCUT2D eigenvalue weighted by atomic mass is 32.2. The zero-order chi connectivity index (χ0) is 25.4. The molecule has 184 valence electrons. The topological polar surface area (TPSA) is 151 Å². The van der Waals surface area contributed by atoms with Crippen LogP contribution in [0.5, 0.6) is 0 Å². The number of fused-ring (bicyclic) bond motifs is 3. The van der Waals surface area contributed by atoms with Crippen molar-refractivity contribution in [1.29, 1.82) is 0 Å². The molecule has 1 unspecified atom stereocenters. The van der Waals surface area contributed by atoms with Gasteiger partial charge in [0.1, 0.15) is 0 Å². The lowest BCUT2D eigenvalue weighted by Gasteiger charge is -2.29. The third kappa shape index (κ3) is 4.49. The van der Waals surface area contributed by atoms with Crippen LogP contribution in [-0.4, -0.2) is 31.2 Å². The summed E-state index contributed by atoms with van der Waals surface area (Å²) in [6.45, 7) is 3.32. The molecule has 12 heteroatoms. The summed E-state index contributed by atoms with van der Waals surface area (Å²) in [7, 11) is -8.19. The van der Waals surface area contributed by atoms with E-state index in [0.29, 0.717) is 10.9 Å². The molecule has 35 heavy (non-hydrogen) atoms. The minimum atomic E-state index is -4.11. The average molecular weight is 518 g/mol. The second kappa shape index (κ2) is 9.52. The van der Waals surface area contributed by atoms with E-state index in [-0.39, 0.29) is 34.5 Å². The van der Waals surface area contributed by atoms with Gasteiger partial charge < -0.3 is 14.0 Å². The number of primary sulfonamides is 1. The van der Waals surface area contributed by atoms with Gasteiger partial charge in [-0.15, -0.1) is 0 Å². The number of H-pyrrole nitrogens is 1. The Hall–Kier alpha value is -3.08. The van der Waals surface area contributed by atoms with Crippen LogP contribution in [0.4, 0.5) is 0 Å². The molecule has 0 bridgehead atoms.